The van der Waals surface area contributed by atoms with E-state index in [9.17, 15) is 9.90 Å². The van der Waals surface area contributed by atoms with Gasteiger partial charge in [-0.1, -0.05) is 28.1 Å². The molecule has 1 atom stereocenters. The summed E-state index contributed by atoms with van der Waals surface area (Å²) in [5.41, 5.74) is 0.231. The van der Waals surface area contributed by atoms with Crippen molar-refractivity contribution in [2.45, 2.75) is 4.29 Å². The second-order valence-corrected chi connectivity index (χ2v) is 4.06. The molecule has 0 spiro atoms. The lowest BCUT2D eigenvalue weighted by Crippen LogP contribution is -2.07. The van der Waals surface area contributed by atoms with Gasteiger partial charge in [0.25, 0.3) is 0 Å². The molecule has 0 saturated carbocycles. The van der Waals surface area contributed by atoms with Gasteiger partial charge in [-0.15, -0.1) is 11.6 Å². The minimum Gasteiger partial charge on any atom is -0.507 e. The summed E-state index contributed by atoms with van der Waals surface area (Å²) in [6, 6.07) is 6.27. The molecule has 0 aromatic heterocycles. The third kappa shape index (κ3) is 1.99. The number of rotatable bonds is 2. The van der Waals surface area contributed by atoms with Crippen molar-refractivity contribution < 1.29 is 9.90 Å². The van der Waals surface area contributed by atoms with E-state index >= 15 is 0 Å². The first kappa shape index (κ1) is 9.55. The number of alkyl halides is 2. The van der Waals surface area contributed by atoms with Crippen LogP contribution in [0.1, 0.15) is 10.4 Å². The van der Waals surface area contributed by atoms with Crippen molar-refractivity contribution in [3.05, 3.63) is 29.8 Å². The third-order valence-corrected chi connectivity index (χ3v) is 1.98. The van der Waals surface area contributed by atoms with Crippen LogP contribution in [0.5, 0.6) is 5.75 Å². The molecule has 1 rings (SSSR count). The minimum absolute atomic E-state index is 0.0485. The van der Waals surface area contributed by atoms with E-state index < -0.39 is 4.29 Å². The van der Waals surface area contributed by atoms with Gasteiger partial charge in [-0.2, -0.15) is 0 Å². The van der Waals surface area contributed by atoms with E-state index in [2.05, 4.69) is 15.9 Å². The molecule has 4 heteroatoms. The predicted octanol–water partition coefficient (Wildman–Crippen LogP) is 2.53. The number of phenolic OH excluding ortho intramolecular Hbond substituents is 1. The van der Waals surface area contributed by atoms with Crippen molar-refractivity contribution in [1.29, 1.82) is 0 Å². The molecule has 2 nitrogen and oxygen atoms in total. The number of phenols is 1. The van der Waals surface area contributed by atoms with Crippen LogP contribution >= 0.6 is 27.5 Å². The Hall–Kier alpha value is -0.540. The van der Waals surface area contributed by atoms with E-state index in [0.717, 1.165) is 0 Å². The van der Waals surface area contributed by atoms with E-state index in [1.165, 1.54) is 12.1 Å². The Bertz CT molecular complexity index is 299. The number of carbonyl (C=O) groups is 1. The average Bonchev–Trinajstić information content (AvgIpc) is 2.04. The Morgan fingerprint density at radius 2 is 2.08 bits per heavy atom. The van der Waals surface area contributed by atoms with Crippen molar-refractivity contribution in [3.63, 3.8) is 0 Å². The minimum atomic E-state index is -0.786. The topological polar surface area (TPSA) is 37.3 Å². The fraction of sp³-hybridized carbons (Fsp3) is 0.125. The van der Waals surface area contributed by atoms with Gasteiger partial charge in [-0.3, -0.25) is 4.79 Å². The molecule has 0 saturated heterocycles. The van der Waals surface area contributed by atoms with Crippen molar-refractivity contribution in [3.8, 4) is 5.75 Å². The molecule has 0 aliphatic heterocycles. The van der Waals surface area contributed by atoms with Crippen LogP contribution in [-0.2, 0) is 0 Å². The summed E-state index contributed by atoms with van der Waals surface area (Å²) in [4.78, 5) is 11.2. The van der Waals surface area contributed by atoms with Crippen LogP contribution in [0, 0.1) is 0 Å². The normalized spacial score (nSPS) is 12.5. The van der Waals surface area contributed by atoms with Crippen molar-refractivity contribution in [1.82, 2.24) is 0 Å². The molecule has 0 bridgehead atoms. The van der Waals surface area contributed by atoms with Crippen LogP contribution in [0.4, 0.5) is 0 Å². The van der Waals surface area contributed by atoms with E-state index in [1.54, 1.807) is 12.1 Å². The summed E-state index contributed by atoms with van der Waals surface area (Å²) < 4.78 is -0.786. The maximum Gasteiger partial charge on any atom is 0.195 e. The van der Waals surface area contributed by atoms with Crippen molar-refractivity contribution in [2.75, 3.05) is 0 Å². The van der Waals surface area contributed by atoms with Crippen LogP contribution in [0.2, 0.25) is 0 Å². The number of aromatic hydroxyl groups is 1. The van der Waals surface area contributed by atoms with Gasteiger partial charge in [0.1, 0.15) is 5.75 Å². The quantitative estimate of drug-likeness (QED) is 0.646. The predicted molar refractivity (Wildman–Crippen MR) is 51.0 cm³/mol. The summed E-state index contributed by atoms with van der Waals surface area (Å²) in [6.45, 7) is 0. The average molecular weight is 249 g/mol. The number of Topliss-reactive ketones (excluding diaryl/α,β-unsaturated/α-hetero) is 1. The van der Waals surface area contributed by atoms with Crippen LogP contribution in [-0.4, -0.2) is 15.2 Å². The molecule has 1 aromatic carbocycles. The molecule has 12 heavy (non-hydrogen) atoms. The first-order valence-corrected chi connectivity index (χ1v) is 4.58. The first-order chi connectivity index (χ1) is 5.63. The second-order valence-electron chi connectivity index (χ2n) is 2.18. The van der Waals surface area contributed by atoms with Gasteiger partial charge in [0.2, 0.25) is 0 Å². The smallest absolute Gasteiger partial charge is 0.195 e. The Labute approximate surface area is 83.3 Å². The lowest BCUT2D eigenvalue weighted by Gasteiger charge is -2.02. The van der Waals surface area contributed by atoms with Gasteiger partial charge in [0.05, 0.1) is 5.56 Å². The zero-order valence-corrected chi connectivity index (χ0v) is 8.34. The van der Waals surface area contributed by atoms with Crippen LogP contribution in [0.25, 0.3) is 0 Å². The maximum atomic E-state index is 11.2. The Morgan fingerprint density at radius 1 is 1.50 bits per heavy atom. The summed E-state index contributed by atoms with van der Waals surface area (Å²) in [5, 5.41) is 9.23. The molecule has 1 aromatic rings. The first-order valence-electron chi connectivity index (χ1n) is 3.23. The van der Waals surface area contributed by atoms with Gasteiger partial charge in [0.15, 0.2) is 10.1 Å². The molecule has 1 unspecified atom stereocenters. The van der Waals surface area contributed by atoms with E-state index in [-0.39, 0.29) is 17.1 Å². The van der Waals surface area contributed by atoms with Gasteiger partial charge < -0.3 is 5.11 Å². The van der Waals surface area contributed by atoms with Gasteiger partial charge >= 0.3 is 0 Å². The molecule has 0 aliphatic carbocycles. The molecule has 1 N–H and O–H groups in total. The summed E-state index contributed by atoms with van der Waals surface area (Å²) in [7, 11) is 0. The maximum absolute atomic E-state index is 11.2. The third-order valence-electron chi connectivity index (χ3n) is 1.37. The number of hydrogen-bond donors (Lipinski definition) is 1. The van der Waals surface area contributed by atoms with Gasteiger partial charge in [-0.25, -0.2) is 0 Å². The highest BCUT2D eigenvalue weighted by Gasteiger charge is 2.16. The Balaban J connectivity index is 3.03. The highest BCUT2D eigenvalue weighted by atomic mass is 79.9. The molecule has 0 fully saturated rings. The number of ketones is 1. The highest BCUT2D eigenvalue weighted by molar-refractivity contribution is 9.10. The number of carbonyl (C=O) groups excluding carboxylic acids is 1. The SMILES string of the molecule is O=C(c1ccccc1O)C(Cl)Br. The van der Waals surface area contributed by atoms with Gasteiger partial charge in [0, 0.05) is 0 Å². The lowest BCUT2D eigenvalue weighted by molar-refractivity contribution is 0.101. The van der Waals surface area contributed by atoms with Crippen LogP contribution < -0.4 is 0 Å². The molecule has 0 heterocycles. The molecule has 0 radical (unpaired) electrons. The second kappa shape index (κ2) is 3.92. The summed E-state index contributed by atoms with van der Waals surface area (Å²) in [5.74, 6) is -0.387. The van der Waals surface area contributed by atoms with Gasteiger partial charge in [-0.05, 0) is 12.1 Å². The molecular formula is C8H6BrClO2. The molecular weight excluding hydrogens is 243 g/mol. The highest BCUT2D eigenvalue weighted by Crippen LogP contribution is 2.21. The summed E-state index contributed by atoms with van der Waals surface area (Å²) >= 11 is 8.41. The Morgan fingerprint density at radius 3 is 2.58 bits per heavy atom. The van der Waals surface area contributed by atoms with Crippen molar-refractivity contribution >= 4 is 33.3 Å². The standard InChI is InChI=1S/C8H6BrClO2/c9-8(10)7(12)5-3-1-2-4-6(5)11/h1-4,8,11H. The lowest BCUT2D eigenvalue weighted by atomic mass is 10.1. The van der Waals surface area contributed by atoms with Crippen LogP contribution in [0.3, 0.4) is 0 Å². The van der Waals surface area contributed by atoms with Crippen molar-refractivity contribution in [2.24, 2.45) is 0 Å². The fourth-order valence-electron chi connectivity index (χ4n) is 0.800. The van der Waals surface area contributed by atoms with E-state index in [1.807, 2.05) is 0 Å². The molecule has 64 valence electrons. The molecule has 0 amide bonds. The van der Waals surface area contributed by atoms with E-state index in [0.29, 0.717) is 0 Å². The number of benzene rings is 1. The van der Waals surface area contributed by atoms with E-state index in [4.69, 9.17) is 11.6 Å². The van der Waals surface area contributed by atoms with Crippen LogP contribution in [0.15, 0.2) is 24.3 Å². The Kier molecular flexibility index (Phi) is 3.12. The largest absolute Gasteiger partial charge is 0.507 e. The summed E-state index contributed by atoms with van der Waals surface area (Å²) in [6.07, 6.45) is 0. The zero-order valence-electron chi connectivity index (χ0n) is 6.00. The monoisotopic (exact) mass is 248 g/mol. The fourth-order valence-corrected chi connectivity index (χ4v) is 1.16. The molecule has 0 aliphatic rings. The number of halogens is 2. The number of hydrogen-bond acceptors (Lipinski definition) is 2. The zero-order chi connectivity index (χ0) is 9.14. The number of para-hydroxylation sites is 1.